The predicted molar refractivity (Wildman–Crippen MR) is 110 cm³/mol. The van der Waals surface area contributed by atoms with E-state index in [1.165, 1.54) is 0 Å². The van der Waals surface area contributed by atoms with E-state index < -0.39 is 16.1 Å². The van der Waals surface area contributed by atoms with E-state index in [0.29, 0.717) is 39.5 Å². The Kier molecular flexibility index (Phi) is 6.79. The van der Waals surface area contributed by atoms with Crippen LogP contribution in [0.3, 0.4) is 0 Å². The first-order valence-corrected chi connectivity index (χ1v) is 10.8. The minimum atomic E-state index is -3.80. The molecular weight excluding hydrogens is 434 g/mol. The topological polar surface area (TPSA) is 130 Å². The number of aromatic nitrogens is 2. The van der Waals surface area contributed by atoms with Gasteiger partial charge in [0, 0.05) is 11.9 Å². The summed E-state index contributed by atoms with van der Waals surface area (Å²) in [4.78, 5) is 8.79. The molecule has 0 fully saturated rings. The van der Waals surface area contributed by atoms with Gasteiger partial charge in [-0.3, -0.25) is 0 Å². The molecule has 2 atom stereocenters. The molecule has 148 valence electrons. The van der Waals surface area contributed by atoms with Crippen LogP contribution in [0, 0.1) is 6.92 Å². The Morgan fingerprint density at radius 2 is 2.00 bits per heavy atom. The molecule has 0 saturated heterocycles. The van der Waals surface area contributed by atoms with Gasteiger partial charge >= 0.3 is 0 Å². The van der Waals surface area contributed by atoms with Gasteiger partial charge in [-0.25, -0.2) is 18.5 Å². The lowest BCUT2D eigenvalue weighted by molar-refractivity contribution is 0.177. The summed E-state index contributed by atoms with van der Waals surface area (Å²) in [6, 6.07) is 3.21. The lowest BCUT2D eigenvalue weighted by atomic mass is 10.1. The molecule has 5 N–H and O–H groups in total. The molecule has 0 bridgehead atoms. The summed E-state index contributed by atoms with van der Waals surface area (Å²) in [5.74, 6) is 0.873. The van der Waals surface area contributed by atoms with Gasteiger partial charge in [-0.15, -0.1) is 0 Å². The molecule has 1 aromatic carbocycles. The number of halogens is 1. The summed E-state index contributed by atoms with van der Waals surface area (Å²) in [6.45, 7) is 7.09. The first kappa shape index (κ1) is 21.5. The van der Waals surface area contributed by atoms with Crippen LogP contribution >= 0.6 is 15.9 Å². The van der Waals surface area contributed by atoms with Crippen LogP contribution in [0.4, 0.5) is 17.5 Å². The maximum absolute atomic E-state index is 11.8. The van der Waals surface area contributed by atoms with E-state index in [2.05, 4.69) is 36.5 Å². The van der Waals surface area contributed by atoms with Crippen molar-refractivity contribution in [1.29, 1.82) is 0 Å². The van der Waals surface area contributed by atoms with E-state index in [4.69, 9.17) is 5.14 Å². The number of anilines is 3. The highest BCUT2D eigenvalue weighted by atomic mass is 79.9. The lowest BCUT2D eigenvalue weighted by Gasteiger charge is -2.18. The molecule has 10 heteroatoms. The third kappa shape index (κ3) is 5.38. The molecule has 0 unspecified atom stereocenters. The standard InChI is InChI=1S/C17H24BrN5O3S/c1-5-12-7-13(6-9(2)15(12)27(19,25)26)22-17-20-8-14(18)16(23-17)21-10(3)11(4)24/h6-8,10-11,24H,5H2,1-4H3,(H2,19,25,26)(H2,20,21,22,23)/t10-,11-/m1/s1. The third-order valence-electron chi connectivity index (χ3n) is 4.11. The number of aliphatic hydroxyl groups is 1. The Morgan fingerprint density at radius 3 is 2.56 bits per heavy atom. The van der Waals surface area contributed by atoms with E-state index in [0.717, 1.165) is 0 Å². The number of aryl methyl sites for hydroxylation is 2. The zero-order valence-corrected chi connectivity index (χ0v) is 18.0. The van der Waals surface area contributed by atoms with Crippen molar-refractivity contribution >= 4 is 43.4 Å². The number of hydrogen-bond acceptors (Lipinski definition) is 7. The zero-order chi connectivity index (χ0) is 20.4. The van der Waals surface area contributed by atoms with Crippen molar-refractivity contribution in [2.45, 2.75) is 51.2 Å². The van der Waals surface area contributed by atoms with Gasteiger partial charge in [0.1, 0.15) is 5.82 Å². The van der Waals surface area contributed by atoms with Gasteiger partial charge in [0.2, 0.25) is 16.0 Å². The van der Waals surface area contributed by atoms with Crippen molar-refractivity contribution in [1.82, 2.24) is 9.97 Å². The summed E-state index contributed by atoms with van der Waals surface area (Å²) in [5.41, 5.74) is 1.84. The summed E-state index contributed by atoms with van der Waals surface area (Å²) in [5, 5.41) is 21.2. The molecular formula is C17H24BrN5O3S. The number of primary sulfonamides is 1. The monoisotopic (exact) mass is 457 g/mol. The number of nitrogens with one attached hydrogen (secondary N) is 2. The van der Waals surface area contributed by atoms with Crippen molar-refractivity contribution in [3.05, 3.63) is 33.9 Å². The largest absolute Gasteiger partial charge is 0.391 e. The molecule has 1 heterocycles. The first-order chi connectivity index (χ1) is 12.5. The van der Waals surface area contributed by atoms with Crippen LogP contribution in [0.2, 0.25) is 0 Å². The van der Waals surface area contributed by atoms with Crippen molar-refractivity contribution in [2.75, 3.05) is 10.6 Å². The van der Waals surface area contributed by atoms with Crippen LogP contribution in [-0.4, -0.2) is 35.6 Å². The Morgan fingerprint density at radius 1 is 1.33 bits per heavy atom. The highest BCUT2D eigenvalue weighted by Crippen LogP contribution is 2.27. The molecule has 0 saturated carbocycles. The van der Waals surface area contributed by atoms with Crippen LogP contribution in [-0.2, 0) is 16.4 Å². The highest BCUT2D eigenvalue weighted by Gasteiger charge is 2.18. The number of benzene rings is 1. The van der Waals surface area contributed by atoms with Crippen LogP contribution in [0.5, 0.6) is 0 Å². The minimum Gasteiger partial charge on any atom is -0.391 e. The van der Waals surface area contributed by atoms with Crippen LogP contribution in [0.25, 0.3) is 0 Å². The number of nitrogens with zero attached hydrogens (tertiary/aromatic N) is 2. The van der Waals surface area contributed by atoms with Gasteiger partial charge in [0.05, 0.1) is 21.5 Å². The second-order valence-corrected chi connectivity index (χ2v) is 8.72. The summed E-state index contributed by atoms with van der Waals surface area (Å²) in [7, 11) is -3.80. The van der Waals surface area contributed by atoms with E-state index >= 15 is 0 Å². The fraction of sp³-hybridized carbons (Fsp3) is 0.412. The van der Waals surface area contributed by atoms with E-state index in [-0.39, 0.29) is 10.9 Å². The number of aliphatic hydroxyl groups excluding tert-OH is 1. The van der Waals surface area contributed by atoms with Crippen molar-refractivity contribution in [3.8, 4) is 0 Å². The molecule has 0 aliphatic heterocycles. The first-order valence-electron chi connectivity index (χ1n) is 8.43. The third-order valence-corrected chi connectivity index (χ3v) is 5.84. The van der Waals surface area contributed by atoms with Gasteiger partial charge in [-0.1, -0.05) is 6.92 Å². The minimum absolute atomic E-state index is 0.153. The average Bonchev–Trinajstić information content (AvgIpc) is 2.55. The van der Waals surface area contributed by atoms with E-state index in [1.807, 2.05) is 13.8 Å². The maximum atomic E-state index is 11.8. The number of nitrogens with two attached hydrogens (primary N) is 1. The molecule has 0 amide bonds. The quantitative estimate of drug-likeness (QED) is 0.502. The lowest BCUT2D eigenvalue weighted by Crippen LogP contribution is -2.28. The molecule has 2 rings (SSSR count). The van der Waals surface area contributed by atoms with Gasteiger partial charge < -0.3 is 15.7 Å². The van der Waals surface area contributed by atoms with Gasteiger partial charge in [-0.2, -0.15) is 4.98 Å². The van der Waals surface area contributed by atoms with Gasteiger partial charge in [0.25, 0.3) is 0 Å². The molecule has 1 aromatic heterocycles. The molecule has 0 aliphatic rings. The van der Waals surface area contributed by atoms with Crippen molar-refractivity contribution in [3.63, 3.8) is 0 Å². The molecule has 0 radical (unpaired) electrons. The number of hydrogen-bond donors (Lipinski definition) is 4. The second-order valence-electron chi connectivity index (χ2n) is 6.37. The molecule has 0 spiro atoms. The van der Waals surface area contributed by atoms with E-state index in [9.17, 15) is 13.5 Å². The van der Waals surface area contributed by atoms with Crippen molar-refractivity contribution < 1.29 is 13.5 Å². The van der Waals surface area contributed by atoms with Crippen LogP contribution in [0.1, 0.15) is 31.9 Å². The van der Waals surface area contributed by atoms with Crippen LogP contribution < -0.4 is 15.8 Å². The van der Waals surface area contributed by atoms with Gasteiger partial charge in [0.15, 0.2) is 0 Å². The van der Waals surface area contributed by atoms with E-state index in [1.54, 1.807) is 32.2 Å². The Labute approximate surface area is 167 Å². The number of rotatable bonds is 7. The second kappa shape index (κ2) is 8.51. The van der Waals surface area contributed by atoms with Crippen LogP contribution in [0.15, 0.2) is 27.7 Å². The Balaban J connectivity index is 2.36. The molecule has 8 nitrogen and oxygen atoms in total. The summed E-state index contributed by atoms with van der Waals surface area (Å²) in [6.07, 6.45) is 1.56. The summed E-state index contributed by atoms with van der Waals surface area (Å²) < 4.78 is 24.3. The molecule has 0 aliphatic carbocycles. The molecule has 27 heavy (non-hydrogen) atoms. The number of sulfonamides is 1. The van der Waals surface area contributed by atoms with Gasteiger partial charge in [-0.05, 0) is 66.4 Å². The Bertz CT molecular complexity index is 934. The SMILES string of the molecule is CCc1cc(Nc2ncc(Br)c(N[C@H](C)[C@@H](C)O)n2)cc(C)c1S(N)(=O)=O. The fourth-order valence-electron chi connectivity index (χ4n) is 2.58. The highest BCUT2D eigenvalue weighted by molar-refractivity contribution is 9.10. The zero-order valence-electron chi connectivity index (χ0n) is 15.6. The predicted octanol–water partition coefficient (Wildman–Crippen LogP) is 2.68. The summed E-state index contributed by atoms with van der Waals surface area (Å²) >= 11 is 3.38. The normalized spacial score (nSPS) is 13.9. The van der Waals surface area contributed by atoms with Crippen molar-refractivity contribution in [2.24, 2.45) is 5.14 Å². The fourth-order valence-corrected chi connectivity index (χ4v) is 3.96. The molecule has 2 aromatic rings. The smallest absolute Gasteiger partial charge is 0.238 e. The Hall–Kier alpha value is -1.75. The average molecular weight is 458 g/mol. The maximum Gasteiger partial charge on any atom is 0.238 e.